The Hall–Kier alpha value is -1.68. The van der Waals surface area contributed by atoms with Crippen LogP contribution in [0, 0.1) is 13.8 Å². The summed E-state index contributed by atoms with van der Waals surface area (Å²) in [7, 11) is 0. The molecular formula is C11H11ClN2O2. The highest BCUT2D eigenvalue weighted by Gasteiger charge is 2.18. The van der Waals surface area contributed by atoms with Crippen LogP contribution in [-0.2, 0) is 0 Å². The van der Waals surface area contributed by atoms with E-state index in [9.17, 15) is 5.11 Å². The molecule has 2 aromatic rings. The Morgan fingerprint density at radius 1 is 1.44 bits per heavy atom. The second-order valence-corrected chi connectivity index (χ2v) is 4.03. The van der Waals surface area contributed by atoms with Crippen molar-refractivity contribution in [3.63, 3.8) is 0 Å². The molecule has 1 aromatic heterocycles. The van der Waals surface area contributed by atoms with E-state index in [0.717, 1.165) is 11.1 Å². The van der Waals surface area contributed by atoms with Crippen LogP contribution in [0.25, 0.3) is 11.1 Å². The third kappa shape index (κ3) is 1.51. The average molecular weight is 239 g/mol. The lowest BCUT2D eigenvalue weighted by Gasteiger charge is -2.11. The molecule has 0 bridgehead atoms. The Morgan fingerprint density at radius 2 is 2.12 bits per heavy atom. The van der Waals surface area contributed by atoms with Crippen LogP contribution in [0.4, 0.5) is 5.88 Å². The van der Waals surface area contributed by atoms with Gasteiger partial charge in [-0.1, -0.05) is 16.8 Å². The number of phenols is 1. The molecule has 0 amide bonds. The van der Waals surface area contributed by atoms with E-state index in [1.165, 1.54) is 6.20 Å². The number of benzene rings is 1. The zero-order valence-corrected chi connectivity index (χ0v) is 9.67. The van der Waals surface area contributed by atoms with Crippen LogP contribution in [0.15, 0.2) is 16.8 Å². The maximum absolute atomic E-state index is 9.94. The van der Waals surface area contributed by atoms with Crippen molar-refractivity contribution in [1.82, 2.24) is 5.16 Å². The van der Waals surface area contributed by atoms with E-state index < -0.39 is 0 Å². The van der Waals surface area contributed by atoms with Gasteiger partial charge in [0, 0.05) is 5.56 Å². The summed E-state index contributed by atoms with van der Waals surface area (Å²) < 4.78 is 4.78. The lowest BCUT2D eigenvalue weighted by molar-refractivity contribution is 0.436. The highest BCUT2D eigenvalue weighted by atomic mass is 35.5. The predicted octanol–water partition coefficient (Wildman–Crippen LogP) is 2.90. The molecule has 84 valence electrons. The van der Waals surface area contributed by atoms with E-state index in [-0.39, 0.29) is 11.6 Å². The highest BCUT2D eigenvalue weighted by molar-refractivity contribution is 6.32. The summed E-state index contributed by atoms with van der Waals surface area (Å²) in [6.45, 7) is 3.79. The molecule has 0 aliphatic rings. The third-order valence-corrected chi connectivity index (χ3v) is 2.93. The quantitative estimate of drug-likeness (QED) is 0.801. The third-order valence-electron chi connectivity index (χ3n) is 2.64. The largest absolute Gasteiger partial charge is 0.506 e. The molecule has 0 spiro atoms. The molecule has 16 heavy (non-hydrogen) atoms. The van der Waals surface area contributed by atoms with Crippen molar-refractivity contribution in [2.24, 2.45) is 0 Å². The van der Waals surface area contributed by atoms with Gasteiger partial charge in [-0.3, -0.25) is 0 Å². The number of aromatic nitrogens is 1. The first kappa shape index (κ1) is 10.8. The second kappa shape index (κ2) is 3.72. The van der Waals surface area contributed by atoms with E-state index in [2.05, 4.69) is 5.16 Å². The monoisotopic (exact) mass is 238 g/mol. The maximum Gasteiger partial charge on any atom is 0.230 e. The van der Waals surface area contributed by atoms with Gasteiger partial charge in [0.25, 0.3) is 0 Å². The number of hydrogen-bond acceptors (Lipinski definition) is 4. The molecule has 3 N–H and O–H groups in total. The minimum Gasteiger partial charge on any atom is -0.506 e. The summed E-state index contributed by atoms with van der Waals surface area (Å²) in [5.41, 5.74) is 8.63. The van der Waals surface area contributed by atoms with Crippen molar-refractivity contribution in [3.05, 3.63) is 28.4 Å². The van der Waals surface area contributed by atoms with Crippen LogP contribution in [0.5, 0.6) is 5.75 Å². The summed E-state index contributed by atoms with van der Waals surface area (Å²) in [5, 5.41) is 13.8. The molecule has 0 unspecified atom stereocenters. The Morgan fingerprint density at radius 3 is 2.69 bits per heavy atom. The summed E-state index contributed by atoms with van der Waals surface area (Å²) in [4.78, 5) is 0. The predicted molar refractivity (Wildman–Crippen MR) is 62.5 cm³/mol. The molecular weight excluding hydrogens is 228 g/mol. The fourth-order valence-corrected chi connectivity index (χ4v) is 1.88. The first-order valence-corrected chi connectivity index (χ1v) is 5.09. The van der Waals surface area contributed by atoms with Crippen molar-refractivity contribution >= 4 is 17.5 Å². The summed E-state index contributed by atoms with van der Waals surface area (Å²) in [6, 6.07) is 1.71. The van der Waals surface area contributed by atoms with Crippen LogP contribution in [0.2, 0.25) is 5.02 Å². The molecule has 5 heteroatoms. The minimum atomic E-state index is -0.000309. The first-order valence-electron chi connectivity index (χ1n) is 4.71. The topological polar surface area (TPSA) is 72.3 Å². The molecule has 1 heterocycles. The maximum atomic E-state index is 9.94. The molecule has 0 radical (unpaired) electrons. The minimum absolute atomic E-state index is 0.000309. The standard InChI is InChI=1S/C11H11ClN2O2/c1-5-3-8(12)10(15)9(6(5)2)7-4-14-16-11(7)13/h3-4,15H,13H2,1-2H3. The zero-order chi connectivity index (χ0) is 11.9. The van der Waals surface area contributed by atoms with Crippen LogP contribution >= 0.6 is 11.6 Å². The van der Waals surface area contributed by atoms with Crippen LogP contribution < -0.4 is 5.73 Å². The molecule has 1 aromatic carbocycles. The zero-order valence-electron chi connectivity index (χ0n) is 8.91. The Bertz CT molecular complexity index is 523. The number of nitrogens with two attached hydrogens (primary N) is 1. The SMILES string of the molecule is Cc1cc(Cl)c(O)c(-c2cnoc2N)c1C. The Balaban J connectivity index is 2.79. The van der Waals surface area contributed by atoms with E-state index in [4.69, 9.17) is 21.9 Å². The van der Waals surface area contributed by atoms with Gasteiger partial charge in [-0.2, -0.15) is 0 Å². The molecule has 0 saturated heterocycles. The van der Waals surface area contributed by atoms with E-state index in [1.54, 1.807) is 6.07 Å². The van der Waals surface area contributed by atoms with E-state index in [1.807, 2.05) is 13.8 Å². The lowest BCUT2D eigenvalue weighted by Crippen LogP contribution is -1.91. The summed E-state index contributed by atoms with van der Waals surface area (Å²) in [5.74, 6) is 0.166. The number of hydrogen-bond donors (Lipinski definition) is 2. The van der Waals surface area contributed by atoms with Gasteiger partial charge in [0.1, 0.15) is 5.75 Å². The molecule has 2 rings (SSSR count). The van der Waals surface area contributed by atoms with Crippen molar-refractivity contribution in [1.29, 1.82) is 0 Å². The molecule has 0 aliphatic heterocycles. The van der Waals surface area contributed by atoms with Gasteiger partial charge in [-0.05, 0) is 31.0 Å². The fraction of sp³-hybridized carbons (Fsp3) is 0.182. The number of nitrogen functional groups attached to an aromatic ring is 1. The number of phenolic OH excluding ortho intramolecular Hbond substituents is 1. The number of halogens is 1. The van der Waals surface area contributed by atoms with Crippen molar-refractivity contribution in [2.45, 2.75) is 13.8 Å². The first-order chi connectivity index (χ1) is 7.52. The van der Waals surface area contributed by atoms with E-state index >= 15 is 0 Å². The molecule has 0 saturated carbocycles. The number of anilines is 1. The average Bonchev–Trinajstić information content (AvgIpc) is 2.63. The lowest BCUT2D eigenvalue weighted by atomic mass is 9.97. The van der Waals surface area contributed by atoms with E-state index in [0.29, 0.717) is 16.1 Å². The van der Waals surface area contributed by atoms with Crippen LogP contribution in [-0.4, -0.2) is 10.3 Å². The highest BCUT2D eigenvalue weighted by Crippen LogP contribution is 2.41. The van der Waals surface area contributed by atoms with Gasteiger partial charge < -0.3 is 15.4 Å². The van der Waals surface area contributed by atoms with Crippen molar-refractivity contribution < 1.29 is 9.63 Å². The number of aryl methyl sites for hydroxylation is 1. The molecule has 0 fully saturated rings. The Labute approximate surface area is 97.6 Å². The van der Waals surface area contributed by atoms with Gasteiger partial charge >= 0.3 is 0 Å². The summed E-state index contributed by atoms with van der Waals surface area (Å²) >= 11 is 5.92. The number of nitrogens with zero attached hydrogens (tertiary/aromatic N) is 1. The van der Waals surface area contributed by atoms with Gasteiger partial charge in [0.2, 0.25) is 5.88 Å². The smallest absolute Gasteiger partial charge is 0.230 e. The molecule has 4 nitrogen and oxygen atoms in total. The van der Waals surface area contributed by atoms with Gasteiger partial charge in [-0.15, -0.1) is 0 Å². The fourth-order valence-electron chi connectivity index (χ4n) is 1.63. The number of aromatic hydroxyl groups is 1. The summed E-state index contributed by atoms with van der Waals surface area (Å²) in [6.07, 6.45) is 1.47. The van der Waals surface area contributed by atoms with Crippen molar-refractivity contribution in [3.8, 4) is 16.9 Å². The van der Waals surface area contributed by atoms with Crippen LogP contribution in [0.1, 0.15) is 11.1 Å². The number of rotatable bonds is 1. The van der Waals surface area contributed by atoms with Gasteiger partial charge in [-0.25, -0.2) is 0 Å². The normalized spacial score (nSPS) is 10.7. The van der Waals surface area contributed by atoms with Gasteiger partial charge in [0.05, 0.1) is 16.8 Å². The van der Waals surface area contributed by atoms with Gasteiger partial charge in [0.15, 0.2) is 0 Å². The van der Waals surface area contributed by atoms with Crippen molar-refractivity contribution in [2.75, 3.05) is 5.73 Å². The Kier molecular flexibility index (Phi) is 2.52. The molecule has 0 aliphatic carbocycles. The molecule has 0 atom stereocenters. The second-order valence-electron chi connectivity index (χ2n) is 3.63. The van der Waals surface area contributed by atoms with Crippen LogP contribution in [0.3, 0.4) is 0 Å².